The Morgan fingerprint density at radius 1 is 1.31 bits per heavy atom. The van der Waals surface area contributed by atoms with Crippen LogP contribution in [-0.4, -0.2) is 19.6 Å². The zero-order valence-electron chi connectivity index (χ0n) is 8.98. The van der Waals surface area contributed by atoms with E-state index in [-0.39, 0.29) is 5.69 Å². The van der Waals surface area contributed by atoms with Crippen molar-refractivity contribution in [2.75, 3.05) is 0 Å². The Morgan fingerprint density at radius 2 is 2.12 bits per heavy atom. The SMILES string of the molecule is Cc1cc2c(ccc3n[nH]c(=O)n32)nc1C. The highest BCUT2D eigenvalue weighted by Gasteiger charge is 2.07. The number of H-pyrrole nitrogens is 1. The summed E-state index contributed by atoms with van der Waals surface area (Å²) < 4.78 is 1.54. The summed E-state index contributed by atoms with van der Waals surface area (Å²) >= 11 is 0. The summed E-state index contributed by atoms with van der Waals surface area (Å²) in [6.07, 6.45) is 0. The zero-order valence-corrected chi connectivity index (χ0v) is 8.98. The van der Waals surface area contributed by atoms with Crippen LogP contribution < -0.4 is 5.69 Å². The number of hydrogen-bond donors (Lipinski definition) is 1. The maximum Gasteiger partial charge on any atom is 0.348 e. The summed E-state index contributed by atoms with van der Waals surface area (Å²) in [6.45, 7) is 3.93. The minimum absolute atomic E-state index is 0.231. The molecule has 16 heavy (non-hydrogen) atoms. The maximum atomic E-state index is 11.6. The molecule has 3 heterocycles. The van der Waals surface area contributed by atoms with E-state index in [0.717, 1.165) is 22.3 Å². The van der Waals surface area contributed by atoms with Gasteiger partial charge >= 0.3 is 5.69 Å². The van der Waals surface area contributed by atoms with Crippen LogP contribution in [0.25, 0.3) is 16.7 Å². The molecule has 3 aromatic rings. The lowest BCUT2D eigenvalue weighted by molar-refractivity contribution is 1.04. The van der Waals surface area contributed by atoms with Crippen LogP contribution >= 0.6 is 0 Å². The van der Waals surface area contributed by atoms with E-state index in [4.69, 9.17) is 0 Å². The fourth-order valence-corrected chi connectivity index (χ4v) is 1.82. The molecule has 0 radical (unpaired) electrons. The quantitative estimate of drug-likeness (QED) is 0.611. The molecule has 0 amide bonds. The minimum Gasteiger partial charge on any atom is -0.251 e. The summed E-state index contributed by atoms with van der Waals surface area (Å²) in [5, 5.41) is 6.35. The number of nitrogens with one attached hydrogen (secondary N) is 1. The molecule has 0 aliphatic rings. The van der Waals surface area contributed by atoms with Crippen molar-refractivity contribution < 1.29 is 0 Å². The Balaban J connectivity index is 2.64. The average molecular weight is 214 g/mol. The molecule has 5 heteroatoms. The summed E-state index contributed by atoms with van der Waals surface area (Å²) in [5.41, 5.74) is 4.02. The molecule has 0 saturated heterocycles. The van der Waals surface area contributed by atoms with Crippen LogP contribution in [0.3, 0.4) is 0 Å². The van der Waals surface area contributed by atoms with Crippen LogP contribution in [-0.2, 0) is 0 Å². The fourth-order valence-electron chi connectivity index (χ4n) is 1.82. The molecular formula is C11H10N4O. The molecule has 0 aliphatic carbocycles. The van der Waals surface area contributed by atoms with E-state index < -0.39 is 0 Å². The van der Waals surface area contributed by atoms with Crippen molar-refractivity contribution in [3.05, 3.63) is 39.9 Å². The molecule has 0 saturated carbocycles. The van der Waals surface area contributed by atoms with Gasteiger partial charge in [-0.15, -0.1) is 0 Å². The molecule has 0 atom stereocenters. The van der Waals surface area contributed by atoms with E-state index in [0.29, 0.717) is 5.65 Å². The highest BCUT2D eigenvalue weighted by atomic mass is 16.1. The summed E-state index contributed by atoms with van der Waals surface area (Å²) in [4.78, 5) is 16.1. The smallest absolute Gasteiger partial charge is 0.251 e. The van der Waals surface area contributed by atoms with Gasteiger partial charge in [0.05, 0.1) is 11.0 Å². The van der Waals surface area contributed by atoms with Crippen LogP contribution in [0.4, 0.5) is 0 Å². The van der Waals surface area contributed by atoms with Crippen molar-refractivity contribution >= 4 is 16.7 Å². The average Bonchev–Trinajstić information content (AvgIpc) is 2.63. The highest BCUT2D eigenvalue weighted by Crippen LogP contribution is 2.15. The van der Waals surface area contributed by atoms with E-state index in [1.807, 2.05) is 26.0 Å². The second-order valence-corrected chi connectivity index (χ2v) is 3.85. The predicted molar refractivity (Wildman–Crippen MR) is 60.6 cm³/mol. The lowest BCUT2D eigenvalue weighted by atomic mass is 10.2. The molecule has 0 bridgehead atoms. The molecule has 5 nitrogen and oxygen atoms in total. The number of rotatable bonds is 0. The number of aryl methyl sites for hydroxylation is 2. The Kier molecular flexibility index (Phi) is 1.65. The van der Waals surface area contributed by atoms with E-state index >= 15 is 0 Å². The number of aromatic amines is 1. The Morgan fingerprint density at radius 3 is 2.94 bits per heavy atom. The van der Waals surface area contributed by atoms with Crippen molar-refractivity contribution in [3.63, 3.8) is 0 Å². The first-order valence-corrected chi connectivity index (χ1v) is 5.01. The Hall–Kier alpha value is -2.17. The van der Waals surface area contributed by atoms with Gasteiger partial charge in [-0.2, -0.15) is 5.10 Å². The third-order valence-electron chi connectivity index (χ3n) is 2.80. The molecule has 0 fully saturated rings. The van der Waals surface area contributed by atoms with Crippen molar-refractivity contribution in [2.45, 2.75) is 13.8 Å². The second-order valence-electron chi connectivity index (χ2n) is 3.85. The Bertz CT molecular complexity index is 754. The van der Waals surface area contributed by atoms with E-state index in [9.17, 15) is 4.79 Å². The van der Waals surface area contributed by atoms with Crippen molar-refractivity contribution in [1.29, 1.82) is 0 Å². The zero-order chi connectivity index (χ0) is 11.3. The van der Waals surface area contributed by atoms with Gasteiger partial charge in [-0.1, -0.05) is 0 Å². The van der Waals surface area contributed by atoms with Crippen molar-refractivity contribution in [1.82, 2.24) is 19.6 Å². The minimum atomic E-state index is -0.231. The largest absolute Gasteiger partial charge is 0.348 e. The molecule has 0 aromatic carbocycles. The van der Waals surface area contributed by atoms with E-state index in [2.05, 4.69) is 15.2 Å². The van der Waals surface area contributed by atoms with Gasteiger partial charge in [-0.05, 0) is 37.6 Å². The molecule has 3 rings (SSSR count). The van der Waals surface area contributed by atoms with Crippen LogP contribution in [0.1, 0.15) is 11.3 Å². The molecular weight excluding hydrogens is 204 g/mol. The normalized spacial score (nSPS) is 11.4. The van der Waals surface area contributed by atoms with Gasteiger partial charge < -0.3 is 0 Å². The third-order valence-corrected chi connectivity index (χ3v) is 2.80. The van der Waals surface area contributed by atoms with Gasteiger partial charge in [-0.3, -0.25) is 4.98 Å². The van der Waals surface area contributed by atoms with Gasteiger partial charge in [0, 0.05) is 5.69 Å². The molecule has 0 aliphatic heterocycles. The summed E-state index contributed by atoms with van der Waals surface area (Å²) in [7, 11) is 0. The van der Waals surface area contributed by atoms with Crippen molar-refractivity contribution in [2.24, 2.45) is 0 Å². The van der Waals surface area contributed by atoms with Crippen LogP contribution in [0.15, 0.2) is 23.0 Å². The maximum absolute atomic E-state index is 11.6. The van der Waals surface area contributed by atoms with Crippen molar-refractivity contribution in [3.8, 4) is 0 Å². The molecule has 0 spiro atoms. The van der Waals surface area contributed by atoms with Gasteiger partial charge in [0.25, 0.3) is 0 Å². The number of pyridine rings is 2. The fraction of sp³-hybridized carbons (Fsp3) is 0.182. The van der Waals surface area contributed by atoms with Gasteiger partial charge in [0.2, 0.25) is 0 Å². The van der Waals surface area contributed by atoms with Crippen LogP contribution in [0.5, 0.6) is 0 Å². The topological polar surface area (TPSA) is 63.0 Å². The monoisotopic (exact) mass is 214 g/mol. The highest BCUT2D eigenvalue weighted by molar-refractivity contribution is 5.78. The first-order valence-electron chi connectivity index (χ1n) is 5.01. The van der Waals surface area contributed by atoms with E-state index in [1.54, 1.807) is 6.07 Å². The number of aromatic nitrogens is 4. The van der Waals surface area contributed by atoms with Crippen LogP contribution in [0.2, 0.25) is 0 Å². The number of fused-ring (bicyclic) bond motifs is 3. The van der Waals surface area contributed by atoms with E-state index in [1.165, 1.54) is 4.40 Å². The molecule has 3 aromatic heterocycles. The Labute approximate surface area is 90.8 Å². The van der Waals surface area contributed by atoms with Gasteiger partial charge in [-0.25, -0.2) is 14.3 Å². The first kappa shape index (κ1) is 9.08. The van der Waals surface area contributed by atoms with Crippen LogP contribution in [0, 0.1) is 13.8 Å². The molecule has 80 valence electrons. The molecule has 1 N–H and O–H groups in total. The lowest BCUT2D eigenvalue weighted by Crippen LogP contribution is -2.10. The number of hydrogen-bond acceptors (Lipinski definition) is 3. The lowest BCUT2D eigenvalue weighted by Gasteiger charge is -2.03. The van der Waals surface area contributed by atoms with Gasteiger partial charge in [0.1, 0.15) is 0 Å². The molecule has 0 unspecified atom stereocenters. The standard InChI is InChI=1S/C11H10N4O/c1-6-5-9-8(12-7(6)2)3-4-10-13-14-11(16)15(9)10/h3-5H,1-2H3,(H,14,16). The number of nitrogens with zero attached hydrogens (tertiary/aromatic N) is 3. The summed E-state index contributed by atoms with van der Waals surface area (Å²) in [5.74, 6) is 0. The second kappa shape index (κ2) is 2.91. The predicted octanol–water partition coefficient (Wildman–Crippen LogP) is 1.19. The third kappa shape index (κ3) is 1.08. The summed E-state index contributed by atoms with van der Waals surface area (Å²) in [6, 6.07) is 5.61. The van der Waals surface area contributed by atoms with Gasteiger partial charge in [0.15, 0.2) is 5.65 Å². The first-order chi connectivity index (χ1) is 7.66.